The van der Waals surface area contributed by atoms with Crippen LogP contribution in [0.2, 0.25) is 0 Å². The van der Waals surface area contributed by atoms with Gasteiger partial charge in [-0.25, -0.2) is 4.57 Å². The molecule has 0 aromatic rings. The Kier molecular flexibility index (Phi) is 36.0. The Hall–Kier alpha value is -2.15. The average Bonchev–Trinajstić information content (AvgIpc) is 3.16. The van der Waals surface area contributed by atoms with E-state index in [0.29, 0.717) is 12.8 Å². The third-order valence-electron chi connectivity index (χ3n) is 8.68. The number of hydrogen-bond acceptors (Lipinski definition) is 11. The fraction of sp³-hybridized carbons (Fsp3) is 0.762. The number of phosphoric ester groups is 1. The van der Waals surface area contributed by atoms with E-state index in [2.05, 4.69) is 24.4 Å². The van der Waals surface area contributed by atoms with Crippen molar-refractivity contribution in [2.24, 2.45) is 0 Å². The molecular formula is C42H75O12P. The molecule has 0 aliphatic rings. The highest BCUT2D eigenvalue weighted by atomic mass is 31.2. The zero-order valence-electron chi connectivity index (χ0n) is 33.9. The van der Waals surface area contributed by atoms with Crippen LogP contribution >= 0.6 is 7.82 Å². The third kappa shape index (κ3) is 37.2. The molecule has 320 valence electrons. The van der Waals surface area contributed by atoms with E-state index < -0.39 is 70.6 Å². The van der Waals surface area contributed by atoms with Crippen molar-refractivity contribution in [3.63, 3.8) is 0 Å². The van der Waals surface area contributed by atoms with Crippen molar-refractivity contribution in [2.45, 2.75) is 180 Å². The SMILES string of the molecule is CCCCC/C=C\C[C@H](O)/C=C/C=C/C=C\[C@H](O)CCCC(=O)O[C@H](COC(=O)CCCCCCCCCCCCCCC)COP(=O)(O)OC[C@@H](O)CO. The van der Waals surface area contributed by atoms with Crippen LogP contribution in [0.1, 0.15) is 155 Å². The molecule has 1 unspecified atom stereocenters. The molecule has 0 saturated carbocycles. The van der Waals surface area contributed by atoms with E-state index in [1.54, 1.807) is 36.5 Å². The monoisotopic (exact) mass is 802 g/mol. The van der Waals surface area contributed by atoms with Crippen LogP contribution in [0, 0.1) is 0 Å². The Morgan fingerprint density at radius 2 is 1.15 bits per heavy atom. The van der Waals surface area contributed by atoms with E-state index in [1.165, 1.54) is 70.6 Å². The van der Waals surface area contributed by atoms with Gasteiger partial charge in [0.15, 0.2) is 6.10 Å². The van der Waals surface area contributed by atoms with Gasteiger partial charge in [0.25, 0.3) is 0 Å². The normalized spacial score (nSPS) is 15.5. The molecule has 0 aromatic heterocycles. The molecule has 0 aromatic carbocycles. The first-order valence-electron chi connectivity index (χ1n) is 20.8. The Bertz CT molecular complexity index is 1090. The summed E-state index contributed by atoms with van der Waals surface area (Å²) in [6.45, 7) is 2.02. The van der Waals surface area contributed by atoms with Crippen LogP contribution in [0.4, 0.5) is 0 Å². The molecule has 0 aliphatic carbocycles. The number of aliphatic hydroxyl groups excluding tert-OH is 4. The van der Waals surface area contributed by atoms with Crippen LogP contribution in [0.25, 0.3) is 0 Å². The van der Waals surface area contributed by atoms with E-state index in [9.17, 15) is 34.4 Å². The maximum atomic E-state index is 12.6. The third-order valence-corrected chi connectivity index (χ3v) is 9.63. The summed E-state index contributed by atoms with van der Waals surface area (Å²) in [4.78, 5) is 34.9. The first kappa shape index (κ1) is 52.9. The molecule has 0 heterocycles. The summed E-state index contributed by atoms with van der Waals surface area (Å²) in [6, 6.07) is 0. The van der Waals surface area contributed by atoms with Crippen LogP contribution < -0.4 is 0 Å². The summed E-state index contributed by atoms with van der Waals surface area (Å²) in [6.07, 6.45) is 31.3. The van der Waals surface area contributed by atoms with Gasteiger partial charge in [-0.15, -0.1) is 0 Å². The van der Waals surface area contributed by atoms with Gasteiger partial charge in [0.2, 0.25) is 0 Å². The molecule has 55 heavy (non-hydrogen) atoms. The molecule has 0 aliphatic heterocycles. The summed E-state index contributed by atoms with van der Waals surface area (Å²) in [5, 5.41) is 38.6. The number of aliphatic hydroxyl groups is 4. The predicted molar refractivity (Wildman–Crippen MR) is 217 cm³/mol. The number of carbonyl (C=O) groups excluding carboxylic acids is 2. The Labute approximate surface area is 331 Å². The van der Waals surface area contributed by atoms with Crippen LogP contribution in [-0.4, -0.2) is 88.1 Å². The van der Waals surface area contributed by atoms with Gasteiger partial charge in [0.1, 0.15) is 12.7 Å². The first-order valence-corrected chi connectivity index (χ1v) is 22.3. The molecule has 5 N–H and O–H groups in total. The minimum atomic E-state index is -4.68. The summed E-state index contributed by atoms with van der Waals surface area (Å²) in [5.41, 5.74) is 0. The Morgan fingerprint density at radius 3 is 1.75 bits per heavy atom. The molecule has 0 spiro atoms. The van der Waals surface area contributed by atoms with E-state index >= 15 is 0 Å². The van der Waals surface area contributed by atoms with Crippen molar-refractivity contribution >= 4 is 19.8 Å². The predicted octanol–water partition coefficient (Wildman–Crippen LogP) is 8.50. The largest absolute Gasteiger partial charge is 0.472 e. The molecule has 0 bridgehead atoms. The summed E-state index contributed by atoms with van der Waals surface area (Å²) in [7, 11) is -4.68. The summed E-state index contributed by atoms with van der Waals surface area (Å²) >= 11 is 0. The summed E-state index contributed by atoms with van der Waals surface area (Å²) < 4.78 is 32.5. The molecule has 0 amide bonds. The second-order valence-corrected chi connectivity index (χ2v) is 15.5. The minimum absolute atomic E-state index is 0.0756. The molecule has 0 saturated heterocycles. The van der Waals surface area contributed by atoms with Gasteiger partial charge >= 0.3 is 19.8 Å². The number of rotatable bonds is 38. The number of phosphoric acid groups is 1. The molecule has 5 atom stereocenters. The molecule has 0 rings (SSSR count). The lowest BCUT2D eigenvalue weighted by Gasteiger charge is -2.20. The van der Waals surface area contributed by atoms with Crippen molar-refractivity contribution in [1.82, 2.24) is 0 Å². The average molecular weight is 803 g/mol. The number of allylic oxidation sites excluding steroid dienone is 5. The Balaban J connectivity index is 4.61. The van der Waals surface area contributed by atoms with Gasteiger partial charge in [-0.05, 0) is 38.5 Å². The van der Waals surface area contributed by atoms with Crippen LogP contribution in [0.5, 0.6) is 0 Å². The van der Waals surface area contributed by atoms with Crippen molar-refractivity contribution in [3.05, 3.63) is 48.6 Å². The number of hydrogen-bond donors (Lipinski definition) is 5. The number of unbranched alkanes of at least 4 members (excludes halogenated alkanes) is 15. The molecule has 0 fully saturated rings. The smallest absolute Gasteiger partial charge is 0.462 e. The molecular weight excluding hydrogens is 727 g/mol. The van der Waals surface area contributed by atoms with Crippen molar-refractivity contribution < 1.29 is 58.0 Å². The van der Waals surface area contributed by atoms with Gasteiger partial charge < -0.3 is 34.8 Å². The van der Waals surface area contributed by atoms with E-state index in [4.69, 9.17) is 19.1 Å². The zero-order chi connectivity index (χ0) is 40.8. The maximum absolute atomic E-state index is 12.6. The fourth-order valence-electron chi connectivity index (χ4n) is 5.36. The zero-order valence-corrected chi connectivity index (χ0v) is 34.7. The van der Waals surface area contributed by atoms with E-state index in [0.717, 1.165) is 32.1 Å². The van der Waals surface area contributed by atoms with Gasteiger partial charge in [-0.1, -0.05) is 152 Å². The Morgan fingerprint density at radius 1 is 0.618 bits per heavy atom. The van der Waals surface area contributed by atoms with Gasteiger partial charge in [-0.3, -0.25) is 18.6 Å². The van der Waals surface area contributed by atoms with Crippen LogP contribution in [-0.2, 0) is 32.7 Å². The lowest BCUT2D eigenvalue weighted by Crippen LogP contribution is -2.30. The molecule has 12 nitrogen and oxygen atoms in total. The molecule has 13 heteroatoms. The highest BCUT2D eigenvalue weighted by molar-refractivity contribution is 7.47. The highest BCUT2D eigenvalue weighted by Crippen LogP contribution is 2.43. The van der Waals surface area contributed by atoms with Crippen LogP contribution in [0.3, 0.4) is 0 Å². The lowest BCUT2D eigenvalue weighted by atomic mass is 10.0. The quantitative estimate of drug-likeness (QED) is 0.0132. The maximum Gasteiger partial charge on any atom is 0.472 e. The van der Waals surface area contributed by atoms with E-state index in [-0.39, 0.29) is 25.7 Å². The van der Waals surface area contributed by atoms with Gasteiger partial charge in [0.05, 0.1) is 32.0 Å². The topological polar surface area (TPSA) is 189 Å². The van der Waals surface area contributed by atoms with Gasteiger partial charge in [0, 0.05) is 12.8 Å². The highest BCUT2D eigenvalue weighted by Gasteiger charge is 2.27. The minimum Gasteiger partial charge on any atom is -0.462 e. The molecule has 0 radical (unpaired) electrons. The standard InChI is InChI=1S/C42H75O12P/c1-3-5-7-9-11-12-13-14-15-16-17-19-25-31-41(47)51-35-40(36-53-55(49,50)52-34-39(46)33-43)54-42(48)32-26-30-38(45)29-24-21-20-23-28-37(44)27-22-18-10-8-6-4-2/h18,20-24,28-29,37-40,43-46H,3-17,19,25-27,30-36H2,1-2H3,(H,49,50)/b21-20+,22-18-,28-23+,29-24-/t37-,38-,39-,40+/m0/s1. The van der Waals surface area contributed by atoms with Crippen molar-refractivity contribution in [1.29, 1.82) is 0 Å². The number of carbonyl (C=O) groups is 2. The van der Waals surface area contributed by atoms with E-state index in [1.807, 2.05) is 6.08 Å². The second-order valence-electron chi connectivity index (χ2n) is 14.1. The second kappa shape index (κ2) is 37.4. The number of ether oxygens (including phenoxy) is 2. The van der Waals surface area contributed by atoms with Crippen LogP contribution in [0.15, 0.2) is 48.6 Å². The van der Waals surface area contributed by atoms with Crippen molar-refractivity contribution in [2.75, 3.05) is 26.4 Å². The first-order chi connectivity index (χ1) is 26.5. The summed E-state index contributed by atoms with van der Waals surface area (Å²) in [5.74, 6) is -1.17. The number of esters is 2. The van der Waals surface area contributed by atoms with Gasteiger partial charge in [-0.2, -0.15) is 0 Å². The fourth-order valence-corrected chi connectivity index (χ4v) is 6.15. The van der Waals surface area contributed by atoms with Crippen molar-refractivity contribution in [3.8, 4) is 0 Å². The lowest BCUT2D eigenvalue weighted by molar-refractivity contribution is -0.161.